The summed E-state index contributed by atoms with van der Waals surface area (Å²) in [5.41, 5.74) is 0.824. The quantitative estimate of drug-likeness (QED) is 0.537. The van der Waals surface area contributed by atoms with Crippen molar-refractivity contribution in [1.82, 2.24) is 4.98 Å². The molecule has 0 bridgehead atoms. The summed E-state index contributed by atoms with van der Waals surface area (Å²) in [4.78, 5) is 4.05. The zero-order chi connectivity index (χ0) is 12.5. The monoisotopic (exact) mass is 277 g/mol. The van der Waals surface area contributed by atoms with E-state index in [-0.39, 0.29) is 0 Å². The maximum absolute atomic E-state index is 5.89. The van der Waals surface area contributed by atoms with E-state index < -0.39 is 0 Å². The van der Waals surface area contributed by atoms with E-state index in [1.54, 1.807) is 12.3 Å². The zero-order valence-corrected chi connectivity index (χ0v) is 11.4. The summed E-state index contributed by atoms with van der Waals surface area (Å²) in [7, 11) is 0. The molecule has 0 saturated heterocycles. The minimum absolute atomic E-state index is 0.352. The fourth-order valence-corrected chi connectivity index (χ4v) is 1.65. The van der Waals surface area contributed by atoms with Gasteiger partial charge in [0.25, 0.3) is 0 Å². The molecule has 0 fully saturated rings. The molecule has 96 valence electrons. The van der Waals surface area contributed by atoms with E-state index in [1.165, 1.54) is 0 Å². The molecule has 0 radical (unpaired) electrons. The van der Waals surface area contributed by atoms with Crippen LogP contribution in [0.4, 0.5) is 0 Å². The summed E-state index contributed by atoms with van der Waals surface area (Å²) in [5.74, 6) is 0.884. The van der Waals surface area contributed by atoms with E-state index >= 15 is 0 Å². The molecule has 1 aromatic heterocycles. The van der Waals surface area contributed by atoms with Crippen LogP contribution in [-0.2, 0) is 10.6 Å². The van der Waals surface area contributed by atoms with Crippen molar-refractivity contribution in [3.05, 3.63) is 22.8 Å². The molecule has 0 saturated carbocycles. The van der Waals surface area contributed by atoms with Crippen molar-refractivity contribution in [3.63, 3.8) is 0 Å². The lowest BCUT2D eigenvalue weighted by Gasteiger charge is -2.07. The number of hydrogen-bond acceptors (Lipinski definition) is 3. The first-order valence-corrected chi connectivity index (χ1v) is 6.60. The van der Waals surface area contributed by atoms with Gasteiger partial charge >= 0.3 is 0 Å². The van der Waals surface area contributed by atoms with E-state index in [2.05, 4.69) is 11.9 Å². The molecule has 17 heavy (non-hydrogen) atoms. The second-order valence-electron chi connectivity index (χ2n) is 3.56. The molecule has 0 atom stereocenters. The third-order valence-electron chi connectivity index (χ3n) is 2.17. The van der Waals surface area contributed by atoms with E-state index in [0.717, 1.165) is 25.0 Å². The molecule has 0 unspecified atom stereocenters. The fourth-order valence-electron chi connectivity index (χ4n) is 1.19. The first kappa shape index (κ1) is 14.6. The van der Waals surface area contributed by atoms with Crippen molar-refractivity contribution in [2.24, 2.45) is 0 Å². The maximum atomic E-state index is 5.89. The molecule has 3 nitrogen and oxygen atoms in total. The molecule has 0 spiro atoms. The summed E-state index contributed by atoms with van der Waals surface area (Å²) in [6.45, 7) is 3.96. The van der Waals surface area contributed by atoms with Gasteiger partial charge in [-0.1, -0.05) is 24.9 Å². The summed E-state index contributed by atoms with van der Waals surface area (Å²) in [6.07, 6.45) is 3.76. The van der Waals surface area contributed by atoms with Gasteiger partial charge in [0.05, 0.1) is 11.6 Å². The Bertz CT molecular complexity index is 334. The third kappa shape index (κ3) is 5.57. The van der Waals surface area contributed by atoms with Crippen LogP contribution in [0.2, 0.25) is 5.02 Å². The van der Waals surface area contributed by atoms with Crippen molar-refractivity contribution < 1.29 is 9.47 Å². The van der Waals surface area contributed by atoms with Crippen molar-refractivity contribution in [3.8, 4) is 5.88 Å². The Balaban J connectivity index is 2.27. The van der Waals surface area contributed by atoms with Gasteiger partial charge in [-0.2, -0.15) is 0 Å². The zero-order valence-electron chi connectivity index (χ0n) is 9.92. The van der Waals surface area contributed by atoms with E-state index in [1.807, 2.05) is 0 Å². The number of aromatic nitrogens is 1. The highest BCUT2D eigenvalue weighted by Crippen LogP contribution is 2.20. The Kier molecular flexibility index (Phi) is 7.33. The summed E-state index contributed by atoms with van der Waals surface area (Å²) in [5, 5.41) is 0.562. The lowest BCUT2D eigenvalue weighted by molar-refractivity contribution is 0.0965. The average Bonchev–Trinajstić information content (AvgIpc) is 2.35. The summed E-state index contributed by atoms with van der Waals surface area (Å²) in [6, 6.07) is 1.75. The predicted molar refractivity (Wildman–Crippen MR) is 70.0 cm³/mol. The Morgan fingerprint density at radius 3 is 2.82 bits per heavy atom. The molecular weight excluding hydrogens is 261 g/mol. The van der Waals surface area contributed by atoms with Gasteiger partial charge in [0, 0.05) is 24.8 Å². The van der Waals surface area contributed by atoms with Crippen molar-refractivity contribution in [1.29, 1.82) is 0 Å². The number of unbranched alkanes of at least 4 members (excludes halogenated alkanes) is 1. The fraction of sp³-hybridized carbons (Fsp3) is 0.583. The lowest BCUT2D eigenvalue weighted by Crippen LogP contribution is -2.08. The largest absolute Gasteiger partial charge is 0.475 e. The molecule has 0 aliphatic carbocycles. The summed E-state index contributed by atoms with van der Waals surface area (Å²) >= 11 is 11.6. The van der Waals surface area contributed by atoms with Gasteiger partial charge in [-0.3, -0.25) is 0 Å². The number of nitrogens with zero attached hydrogens (tertiary/aromatic N) is 1. The minimum atomic E-state index is 0.352. The van der Waals surface area contributed by atoms with Crippen molar-refractivity contribution in [2.75, 3.05) is 19.8 Å². The second kappa shape index (κ2) is 8.56. The van der Waals surface area contributed by atoms with Crippen LogP contribution in [0.25, 0.3) is 0 Å². The molecule has 5 heteroatoms. The topological polar surface area (TPSA) is 31.4 Å². The SMILES string of the molecule is CCCCOCCOc1cc(CCl)c(Cl)cn1. The van der Waals surface area contributed by atoms with Crippen LogP contribution in [-0.4, -0.2) is 24.8 Å². The van der Waals surface area contributed by atoms with Crippen LogP contribution in [0.15, 0.2) is 12.3 Å². The first-order chi connectivity index (χ1) is 8.27. The Morgan fingerprint density at radius 1 is 1.29 bits per heavy atom. The predicted octanol–water partition coefficient (Wildman–Crippen LogP) is 3.67. The highest BCUT2D eigenvalue weighted by molar-refractivity contribution is 6.32. The molecule has 0 aromatic carbocycles. The number of halogens is 2. The smallest absolute Gasteiger partial charge is 0.213 e. The van der Waals surface area contributed by atoms with Crippen LogP contribution >= 0.6 is 23.2 Å². The second-order valence-corrected chi connectivity index (χ2v) is 4.24. The van der Waals surface area contributed by atoms with Crippen molar-refractivity contribution >= 4 is 23.2 Å². The van der Waals surface area contributed by atoms with Crippen LogP contribution in [0.5, 0.6) is 5.88 Å². The Labute approximate surface area is 112 Å². The van der Waals surface area contributed by atoms with Crippen molar-refractivity contribution in [2.45, 2.75) is 25.6 Å². The molecule has 1 rings (SSSR count). The number of pyridine rings is 1. The van der Waals surface area contributed by atoms with E-state index in [9.17, 15) is 0 Å². The van der Waals surface area contributed by atoms with Gasteiger partial charge in [-0.25, -0.2) is 4.98 Å². The standard InChI is InChI=1S/C12H17Cl2NO2/c1-2-3-4-16-5-6-17-12-7-10(8-13)11(14)9-15-12/h7,9H,2-6,8H2,1H3. The molecule has 0 amide bonds. The van der Waals surface area contributed by atoms with Gasteiger partial charge in [-0.05, 0) is 12.0 Å². The highest BCUT2D eigenvalue weighted by atomic mass is 35.5. The lowest BCUT2D eigenvalue weighted by atomic mass is 10.3. The Hall–Kier alpha value is -0.510. The molecular formula is C12H17Cl2NO2. The minimum Gasteiger partial charge on any atom is -0.475 e. The van der Waals surface area contributed by atoms with Crippen LogP contribution in [0.1, 0.15) is 25.3 Å². The Morgan fingerprint density at radius 2 is 2.12 bits per heavy atom. The average molecular weight is 278 g/mol. The van der Waals surface area contributed by atoms with Gasteiger partial charge in [0.2, 0.25) is 5.88 Å². The van der Waals surface area contributed by atoms with E-state index in [4.69, 9.17) is 32.7 Å². The number of rotatable bonds is 8. The van der Waals surface area contributed by atoms with Gasteiger partial charge in [-0.15, -0.1) is 11.6 Å². The highest BCUT2D eigenvalue weighted by Gasteiger charge is 2.03. The maximum Gasteiger partial charge on any atom is 0.213 e. The molecule has 0 N–H and O–H groups in total. The summed E-state index contributed by atoms with van der Waals surface area (Å²) < 4.78 is 10.8. The van der Waals surface area contributed by atoms with Gasteiger partial charge < -0.3 is 9.47 Å². The molecule has 1 heterocycles. The van der Waals surface area contributed by atoms with E-state index in [0.29, 0.717) is 30.0 Å². The number of alkyl halides is 1. The first-order valence-electron chi connectivity index (χ1n) is 5.68. The van der Waals surface area contributed by atoms with Crippen LogP contribution in [0, 0.1) is 0 Å². The van der Waals surface area contributed by atoms with Crippen LogP contribution < -0.4 is 4.74 Å². The van der Waals surface area contributed by atoms with Crippen LogP contribution in [0.3, 0.4) is 0 Å². The van der Waals surface area contributed by atoms with Gasteiger partial charge in [0.1, 0.15) is 6.61 Å². The molecule has 1 aromatic rings. The number of hydrogen-bond donors (Lipinski definition) is 0. The third-order valence-corrected chi connectivity index (χ3v) is 2.80. The molecule has 0 aliphatic rings. The normalized spacial score (nSPS) is 10.5. The molecule has 0 aliphatic heterocycles. The number of ether oxygens (including phenoxy) is 2. The van der Waals surface area contributed by atoms with Gasteiger partial charge in [0.15, 0.2) is 0 Å².